The summed E-state index contributed by atoms with van der Waals surface area (Å²) in [6.45, 7) is 6.15. The summed E-state index contributed by atoms with van der Waals surface area (Å²) in [7, 11) is 0. The summed E-state index contributed by atoms with van der Waals surface area (Å²) >= 11 is 0. The Labute approximate surface area is 234 Å². The van der Waals surface area contributed by atoms with E-state index in [1.54, 1.807) is 48.5 Å². The van der Waals surface area contributed by atoms with Crippen LogP contribution in [0.2, 0.25) is 0 Å². The highest BCUT2D eigenvalue weighted by Crippen LogP contribution is 2.29. The molecule has 0 aliphatic carbocycles. The molecule has 0 bridgehead atoms. The average Bonchev–Trinajstić information content (AvgIpc) is 2.96. The summed E-state index contributed by atoms with van der Waals surface area (Å²) in [4.78, 5) is 47.4. The predicted octanol–water partition coefficient (Wildman–Crippen LogP) is 8.06. The molecule has 0 aromatic heterocycles. The Morgan fingerprint density at radius 2 is 0.475 bits per heavy atom. The van der Waals surface area contributed by atoms with Gasteiger partial charge in [-0.2, -0.15) is 0 Å². The molecule has 4 rings (SSSR count). The third-order valence-electron chi connectivity index (χ3n) is 6.83. The molecule has 0 radical (unpaired) electrons. The Morgan fingerprint density at radius 3 is 0.625 bits per heavy atom. The molecular weight excluding hydrogens is 496 g/mol. The van der Waals surface area contributed by atoms with E-state index in [-0.39, 0.29) is 23.1 Å². The second-order valence-corrected chi connectivity index (χ2v) is 9.69. The van der Waals surface area contributed by atoms with Crippen LogP contribution in [0.3, 0.4) is 0 Å². The van der Waals surface area contributed by atoms with Gasteiger partial charge < -0.3 is 0 Å². The van der Waals surface area contributed by atoms with Crippen LogP contribution in [0.4, 0.5) is 0 Å². The summed E-state index contributed by atoms with van der Waals surface area (Å²) < 4.78 is 0. The second-order valence-electron chi connectivity index (χ2n) is 9.69. The van der Waals surface area contributed by atoms with Gasteiger partial charge in [-0.15, -0.1) is 0 Å². The minimum absolute atomic E-state index is 0.00640. The smallest absolute Gasteiger partial charge is 0.159 e. The number of carbonyl (C=O) groups excluding carboxylic acids is 4. The zero-order valence-corrected chi connectivity index (χ0v) is 23.0. The van der Waals surface area contributed by atoms with Crippen LogP contribution >= 0.6 is 0 Å². The fourth-order valence-corrected chi connectivity index (χ4v) is 4.42. The molecule has 0 unspecified atom stereocenters. The minimum atomic E-state index is -0.00640. The van der Waals surface area contributed by atoms with Gasteiger partial charge in [0.2, 0.25) is 0 Å². The molecule has 40 heavy (non-hydrogen) atoms. The summed E-state index contributed by atoms with van der Waals surface area (Å²) in [6.07, 6.45) is 4.03. The van der Waals surface area contributed by atoms with Crippen molar-refractivity contribution in [2.75, 3.05) is 0 Å². The molecule has 4 nitrogen and oxygen atoms in total. The molecule has 0 N–H and O–H groups in total. The molecular formula is C36H30O4. The largest absolute Gasteiger partial charge is 0.295 e. The quantitative estimate of drug-likeness (QED) is 0.163. The molecule has 0 aliphatic rings. The van der Waals surface area contributed by atoms with Crippen molar-refractivity contribution in [3.05, 3.63) is 154 Å². The lowest BCUT2D eigenvalue weighted by molar-refractivity contribution is 0.100. The summed E-state index contributed by atoms with van der Waals surface area (Å²) in [5.74, 6) is -0.0256. The van der Waals surface area contributed by atoms with Gasteiger partial charge in [0.25, 0.3) is 0 Å². The van der Waals surface area contributed by atoms with Gasteiger partial charge in [-0.05, 0) is 61.1 Å². The van der Waals surface area contributed by atoms with Crippen LogP contribution < -0.4 is 0 Å². The van der Waals surface area contributed by atoms with Gasteiger partial charge in [0.05, 0.1) is 0 Å². The molecule has 0 fully saturated rings. The van der Waals surface area contributed by atoms with Crippen molar-refractivity contribution < 1.29 is 19.2 Å². The SMILES string of the molecule is CC(=O)c1ccc(C(=CC=C(c2ccc(C(C)=O)cc2)c2ccc(C(C)=O)cc2)c2ccc(C(C)=O)cc2)cc1. The number of allylic oxidation sites excluding steroid dienone is 2. The Hall–Kier alpha value is -4.96. The van der Waals surface area contributed by atoms with E-state index < -0.39 is 0 Å². The molecule has 198 valence electrons. The summed E-state index contributed by atoms with van der Waals surface area (Å²) in [5.41, 5.74) is 7.97. The average molecular weight is 527 g/mol. The van der Waals surface area contributed by atoms with Crippen LogP contribution in [-0.4, -0.2) is 23.1 Å². The van der Waals surface area contributed by atoms with Crippen molar-refractivity contribution in [1.29, 1.82) is 0 Å². The Balaban J connectivity index is 1.89. The van der Waals surface area contributed by atoms with Crippen molar-refractivity contribution in [2.24, 2.45) is 0 Å². The Bertz CT molecular complexity index is 1390. The highest BCUT2D eigenvalue weighted by Gasteiger charge is 2.11. The summed E-state index contributed by atoms with van der Waals surface area (Å²) in [6, 6.07) is 29.8. The number of hydrogen-bond donors (Lipinski definition) is 0. The zero-order valence-electron chi connectivity index (χ0n) is 23.0. The molecule has 0 spiro atoms. The highest BCUT2D eigenvalue weighted by molar-refractivity contribution is 5.97. The molecule has 4 aromatic carbocycles. The first-order valence-electron chi connectivity index (χ1n) is 13.0. The van der Waals surface area contributed by atoms with E-state index in [1.807, 2.05) is 60.7 Å². The van der Waals surface area contributed by atoms with Crippen molar-refractivity contribution in [2.45, 2.75) is 27.7 Å². The van der Waals surface area contributed by atoms with E-state index in [0.717, 1.165) is 33.4 Å². The van der Waals surface area contributed by atoms with E-state index in [1.165, 1.54) is 27.7 Å². The van der Waals surface area contributed by atoms with E-state index in [9.17, 15) is 19.2 Å². The third-order valence-corrected chi connectivity index (χ3v) is 6.83. The monoisotopic (exact) mass is 526 g/mol. The number of carbonyl (C=O) groups is 4. The zero-order chi connectivity index (χ0) is 28.8. The standard InChI is InChI=1S/C36H30O4/c1-23(37)27-5-13-31(14-6-27)35(32-15-7-28(8-16-32)24(2)38)21-22-36(33-17-9-29(10-18-33)25(3)39)34-19-11-30(12-20-34)26(4)40/h5-22H,1-4H3. The molecule has 4 heteroatoms. The van der Waals surface area contributed by atoms with Gasteiger partial charge in [-0.1, -0.05) is 109 Å². The normalized spacial score (nSPS) is 10.4. The molecule has 0 saturated heterocycles. The fraction of sp³-hybridized carbons (Fsp3) is 0.111. The van der Waals surface area contributed by atoms with Gasteiger partial charge in [0, 0.05) is 22.3 Å². The van der Waals surface area contributed by atoms with Crippen LogP contribution in [-0.2, 0) is 0 Å². The van der Waals surface area contributed by atoms with Crippen molar-refractivity contribution >= 4 is 34.3 Å². The van der Waals surface area contributed by atoms with Gasteiger partial charge in [0.1, 0.15) is 0 Å². The first kappa shape index (κ1) is 28.1. The van der Waals surface area contributed by atoms with Gasteiger partial charge in [-0.25, -0.2) is 0 Å². The maximum atomic E-state index is 11.9. The molecule has 0 amide bonds. The maximum Gasteiger partial charge on any atom is 0.159 e. The van der Waals surface area contributed by atoms with Gasteiger partial charge >= 0.3 is 0 Å². The van der Waals surface area contributed by atoms with Crippen LogP contribution in [0.25, 0.3) is 11.1 Å². The molecule has 0 heterocycles. The van der Waals surface area contributed by atoms with E-state index in [2.05, 4.69) is 0 Å². The van der Waals surface area contributed by atoms with E-state index in [0.29, 0.717) is 22.3 Å². The number of benzene rings is 4. The lowest BCUT2D eigenvalue weighted by Crippen LogP contribution is -1.96. The van der Waals surface area contributed by atoms with Crippen LogP contribution in [0.15, 0.2) is 109 Å². The third kappa shape index (κ3) is 6.54. The summed E-state index contributed by atoms with van der Waals surface area (Å²) in [5, 5.41) is 0. The van der Waals surface area contributed by atoms with Crippen molar-refractivity contribution in [3.63, 3.8) is 0 Å². The number of hydrogen-bond acceptors (Lipinski definition) is 4. The first-order chi connectivity index (χ1) is 19.1. The number of ketones is 4. The van der Waals surface area contributed by atoms with Crippen LogP contribution in [0.1, 0.15) is 91.4 Å². The minimum Gasteiger partial charge on any atom is -0.295 e. The lowest BCUT2D eigenvalue weighted by atomic mass is 9.92. The van der Waals surface area contributed by atoms with Crippen LogP contribution in [0.5, 0.6) is 0 Å². The van der Waals surface area contributed by atoms with Gasteiger partial charge in [-0.3, -0.25) is 19.2 Å². The first-order valence-corrected chi connectivity index (χ1v) is 13.0. The number of Topliss-reactive ketones (excluding diaryl/α,β-unsaturated/α-hetero) is 4. The molecule has 4 aromatic rings. The maximum absolute atomic E-state index is 11.9. The van der Waals surface area contributed by atoms with Gasteiger partial charge in [0.15, 0.2) is 23.1 Å². The molecule has 0 atom stereocenters. The number of rotatable bonds is 9. The fourth-order valence-electron chi connectivity index (χ4n) is 4.42. The second kappa shape index (κ2) is 12.3. The molecule has 0 saturated carbocycles. The lowest BCUT2D eigenvalue weighted by Gasteiger charge is -2.12. The highest BCUT2D eigenvalue weighted by atomic mass is 16.1. The Morgan fingerprint density at radius 1 is 0.325 bits per heavy atom. The topological polar surface area (TPSA) is 68.3 Å². The van der Waals surface area contributed by atoms with Crippen molar-refractivity contribution in [1.82, 2.24) is 0 Å². The molecule has 0 aliphatic heterocycles. The van der Waals surface area contributed by atoms with E-state index >= 15 is 0 Å². The predicted molar refractivity (Wildman–Crippen MR) is 160 cm³/mol. The van der Waals surface area contributed by atoms with Crippen molar-refractivity contribution in [3.8, 4) is 0 Å². The van der Waals surface area contributed by atoms with Crippen LogP contribution in [0, 0.1) is 0 Å². The Kier molecular flexibility index (Phi) is 8.60. The van der Waals surface area contributed by atoms with E-state index in [4.69, 9.17) is 0 Å².